The number of likely N-dealkylation sites (N-methyl/N-ethyl adjacent to an activating group) is 1. The quantitative estimate of drug-likeness (QED) is 0.747. The Morgan fingerprint density at radius 2 is 1.79 bits per heavy atom. The van der Waals surface area contributed by atoms with Crippen LogP contribution in [0.4, 0.5) is 11.4 Å². The summed E-state index contributed by atoms with van der Waals surface area (Å²) in [5, 5.41) is 2.95. The van der Waals surface area contributed by atoms with Gasteiger partial charge in [-0.25, -0.2) is 0 Å². The highest BCUT2D eigenvalue weighted by Gasteiger charge is 2.18. The van der Waals surface area contributed by atoms with E-state index in [1.54, 1.807) is 24.3 Å². The summed E-state index contributed by atoms with van der Waals surface area (Å²) in [6, 6.07) is 14.7. The molecule has 0 aliphatic carbocycles. The van der Waals surface area contributed by atoms with Crippen molar-refractivity contribution in [1.82, 2.24) is 4.90 Å². The number of carbonyl (C=O) groups is 2. The molecule has 148 valence electrons. The number of benzene rings is 2. The maximum Gasteiger partial charge on any atom is 0.262 e. The third kappa shape index (κ3) is 5.10. The summed E-state index contributed by atoms with van der Waals surface area (Å²) in [7, 11) is 0. The van der Waals surface area contributed by atoms with Gasteiger partial charge in [0, 0.05) is 31.7 Å². The third-order valence-corrected chi connectivity index (χ3v) is 4.95. The van der Waals surface area contributed by atoms with Gasteiger partial charge in [-0.2, -0.15) is 0 Å². The molecule has 0 saturated carbocycles. The lowest BCUT2D eigenvalue weighted by Gasteiger charge is -2.36. The lowest BCUT2D eigenvalue weighted by Crippen LogP contribution is -2.46. The number of piperazine rings is 1. The van der Waals surface area contributed by atoms with Crippen LogP contribution in [0.5, 0.6) is 5.75 Å². The Hall–Kier alpha value is -2.86. The Morgan fingerprint density at radius 1 is 1.04 bits per heavy atom. The minimum Gasteiger partial charge on any atom is -0.484 e. The SMILES string of the molecule is CCN1CCN(c2ccccc2NC(=O)COc2cccc(C(C)=O)c2)CC1. The van der Waals surface area contributed by atoms with Gasteiger partial charge in [0.1, 0.15) is 5.75 Å². The number of rotatable bonds is 7. The van der Waals surface area contributed by atoms with Gasteiger partial charge in [0.15, 0.2) is 12.4 Å². The molecule has 1 N–H and O–H groups in total. The van der Waals surface area contributed by atoms with E-state index in [2.05, 4.69) is 22.0 Å². The summed E-state index contributed by atoms with van der Waals surface area (Å²) in [5.41, 5.74) is 2.39. The van der Waals surface area contributed by atoms with Crippen LogP contribution in [-0.2, 0) is 4.79 Å². The molecule has 1 aliphatic rings. The number of carbonyl (C=O) groups excluding carboxylic acids is 2. The fraction of sp³-hybridized carbons (Fsp3) is 0.364. The van der Waals surface area contributed by atoms with Crippen LogP contribution < -0.4 is 15.0 Å². The Morgan fingerprint density at radius 3 is 2.50 bits per heavy atom. The van der Waals surface area contributed by atoms with E-state index in [0.29, 0.717) is 11.3 Å². The second-order valence-corrected chi connectivity index (χ2v) is 6.86. The van der Waals surface area contributed by atoms with E-state index in [4.69, 9.17) is 4.74 Å². The normalized spacial score (nSPS) is 14.6. The van der Waals surface area contributed by atoms with Gasteiger partial charge in [-0.1, -0.05) is 31.2 Å². The summed E-state index contributed by atoms with van der Waals surface area (Å²) in [6.45, 7) is 8.56. The topological polar surface area (TPSA) is 61.9 Å². The summed E-state index contributed by atoms with van der Waals surface area (Å²) in [6.07, 6.45) is 0. The van der Waals surface area contributed by atoms with E-state index in [1.165, 1.54) is 6.92 Å². The van der Waals surface area contributed by atoms with Crippen LogP contribution in [0, 0.1) is 0 Å². The summed E-state index contributed by atoms with van der Waals surface area (Å²) in [4.78, 5) is 28.6. The van der Waals surface area contributed by atoms with Crippen molar-refractivity contribution >= 4 is 23.1 Å². The molecule has 0 bridgehead atoms. The number of ether oxygens (including phenoxy) is 1. The number of Topliss-reactive ketones (excluding diaryl/α,β-unsaturated/α-hetero) is 1. The largest absolute Gasteiger partial charge is 0.484 e. The minimum atomic E-state index is -0.229. The lowest BCUT2D eigenvalue weighted by molar-refractivity contribution is -0.118. The molecular formula is C22H27N3O3. The van der Waals surface area contributed by atoms with Crippen molar-refractivity contribution in [2.75, 3.05) is 49.5 Å². The Balaban J connectivity index is 1.60. The molecule has 1 saturated heterocycles. The highest BCUT2D eigenvalue weighted by atomic mass is 16.5. The number of amides is 1. The fourth-order valence-electron chi connectivity index (χ4n) is 3.30. The summed E-state index contributed by atoms with van der Waals surface area (Å²) in [5.74, 6) is 0.242. The number of hydrogen-bond donors (Lipinski definition) is 1. The van der Waals surface area contributed by atoms with Crippen LogP contribution in [0.25, 0.3) is 0 Å². The highest BCUT2D eigenvalue weighted by Crippen LogP contribution is 2.26. The Labute approximate surface area is 166 Å². The van der Waals surface area contributed by atoms with Gasteiger partial charge >= 0.3 is 0 Å². The zero-order valence-corrected chi connectivity index (χ0v) is 16.5. The van der Waals surface area contributed by atoms with Crippen molar-refractivity contribution in [1.29, 1.82) is 0 Å². The van der Waals surface area contributed by atoms with Crippen molar-refractivity contribution in [3.05, 3.63) is 54.1 Å². The van der Waals surface area contributed by atoms with Gasteiger partial charge < -0.3 is 19.9 Å². The van der Waals surface area contributed by atoms with Crippen molar-refractivity contribution < 1.29 is 14.3 Å². The molecule has 1 fully saturated rings. The number of nitrogens with zero attached hydrogens (tertiary/aromatic N) is 2. The van der Waals surface area contributed by atoms with Crippen molar-refractivity contribution in [2.45, 2.75) is 13.8 Å². The first kappa shape index (κ1) is 19.9. The number of nitrogens with one attached hydrogen (secondary N) is 1. The van der Waals surface area contributed by atoms with Gasteiger partial charge in [-0.05, 0) is 37.7 Å². The molecule has 6 heteroatoms. The predicted molar refractivity (Wildman–Crippen MR) is 111 cm³/mol. The van der Waals surface area contributed by atoms with Crippen LogP contribution in [0.1, 0.15) is 24.2 Å². The van der Waals surface area contributed by atoms with Crippen LogP contribution in [0.15, 0.2) is 48.5 Å². The van der Waals surface area contributed by atoms with E-state index < -0.39 is 0 Å². The second kappa shape index (κ2) is 9.37. The van der Waals surface area contributed by atoms with E-state index in [1.807, 2.05) is 24.3 Å². The molecule has 2 aromatic rings. The Kier molecular flexibility index (Phi) is 6.66. The van der Waals surface area contributed by atoms with Gasteiger partial charge in [0.05, 0.1) is 11.4 Å². The van der Waals surface area contributed by atoms with E-state index in [0.717, 1.165) is 44.1 Å². The second-order valence-electron chi connectivity index (χ2n) is 6.86. The molecule has 28 heavy (non-hydrogen) atoms. The smallest absolute Gasteiger partial charge is 0.262 e. The molecule has 0 radical (unpaired) electrons. The van der Waals surface area contributed by atoms with Crippen LogP contribution in [-0.4, -0.2) is 55.9 Å². The standard InChI is InChI=1S/C22H27N3O3/c1-3-24-11-13-25(14-12-24)21-10-5-4-9-20(21)23-22(27)16-28-19-8-6-7-18(15-19)17(2)26/h4-10,15H,3,11-14,16H2,1-2H3,(H,23,27). The predicted octanol–water partition coefficient (Wildman–Crippen LogP) is 3.05. The molecule has 1 heterocycles. The van der Waals surface area contributed by atoms with Crippen molar-refractivity contribution in [3.63, 3.8) is 0 Å². The van der Waals surface area contributed by atoms with Crippen molar-refractivity contribution in [3.8, 4) is 5.75 Å². The summed E-state index contributed by atoms with van der Waals surface area (Å²) >= 11 is 0. The summed E-state index contributed by atoms with van der Waals surface area (Å²) < 4.78 is 5.56. The van der Waals surface area contributed by atoms with Crippen molar-refractivity contribution in [2.24, 2.45) is 0 Å². The van der Waals surface area contributed by atoms with Gasteiger partial charge in [0.25, 0.3) is 5.91 Å². The average molecular weight is 381 g/mol. The monoisotopic (exact) mass is 381 g/mol. The van der Waals surface area contributed by atoms with Crippen LogP contribution in [0.3, 0.4) is 0 Å². The molecule has 0 unspecified atom stereocenters. The number of hydrogen-bond acceptors (Lipinski definition) is 5. The lowest BCUT2D eigenvalue weighted by atomic mass is 10.1. The molecule has 0 atom stereocenters. The van der Waals surface area contributed by atoms with E-state index in [9.17, 15) is 9.59 Å². The minimum absolute atomic E-state index is 0.0352. The molecule has 1 amide bonds. The number of anilines is 2. The van der Waals surface area contributed by atoms with Gasteiger partial charge in [0.2, 0.25) is 0 Å². The molecule has 3 rings (SSSR count). The first-order valence-electron chi connectivity index (χ1n) is 9.67. The molecule has 2 aromatic carbocycles. The first-order chi connectivity index (χ1) is 13.6. The highest BCUT2D eigenvalue weighted by molar-refractivity contribution is 5.96. The maximum atomic E-state index is 12.4. The molecular weight excluding hydrogens is 354 g/mol. The maximum absolute atomic E-state index is 12.4. The van der Waals surface area contributed by atoms with Crippen LogP contribution >= 0.6 is 0 Å². The van der Waals surface area contributed by atoms with Crippen LogP contribution in [0.2, 0.25) is 0 Å². The zero-order chi connectivity index (χ0) is 19.9. The Bertz CT molecular complexity index is 829. The average Bonchev–Trinajstić information content (AvgIpc) is 2.73. The van der Waals surface area contributed by atoms with E-state index in [-0.39, 0.29) is 18.3 Å². The fourth-order valence-corrected chi connectivity index (χ4v) is 3.30. The van der Waals surface area contributed by atoms with Gasteiger partial charge in [-0.15, -0.1) is 0 Å². The number of para-hydroxylation sites is 2. The van der Waals surface area contributed by atoms with E-state index >= 15 is 0 Å². The number of ketones is 1. The van der Waals surface area contributed by atoms with Gasteiger partial charge in [-0.3, -0.25) is 9.59 Å². The molecule has 6 nitrogen and oxygen atoms in total. The molecule has 1 aliphatic heterocycles. The first-order valence-corrected chi connectivity index (χ1v) is 9.67. The zero-order valence-electron chi connectivity index (χ0n) is 16.5. The molecule has 0 spiro atoms. The third-order valence-electron chi connectivity index (χ3n) is 4.95. The molecule has 0 aromatic heterocycles.